The second kappa shape index (κ2) is 27.3. The van der Waals surface area contributed by atoms with Gasteiger partial charge in [0.1, 0.15) is 0 Å². The lowest BCUT2D eigenvalue weighted by atomic mass is 9.63. The van der Waals surface area contributed by atoms with Gasteiger partial charge in [0.25, 0.3) is 0 Å². The Balaban J connectivity index is 0.970. The molecule has 6 rings (SSSR count). The van der Waals surface area contributed by atoms with Gasteiger partial charge in [0.15, 0.2) is 0 Å². The van der Waals surface area contributed by atoms with Crippen molar-refractivity contribution in [2.24, 2.45) is 82.9 Å². The van der Waals surface area contributed by atoms with Gasteiger partial charge in [-0.05, 0) is 198 Å². The van der Waals surface area contributed by atoms with Crippen LogP contribution in [-0.2, 0) is 4.74 Å². The van der Waals surface area contributed by atoms with Crippen LogP contribution in [0.4, 0.5) is 0 Å². The molecule has 0 amide bonds. The van der Waals surface area contributed by atoms with E-state index in [-0.39, 0.29) is 0 Å². The Hall–Kier alpha value is -0.0400. The summed E-state index contributed by atoms with van der Waals surface area (Å²) in [6.07, 6.45) is 57.3. The van der Waals surface area contributed by atoms with Crippen LogP contribution in [0.2, 0.25) is 0 Å². The average Bonchev–Trinajstić information content (AvgIpc) is 3.28. The zero-order chi connectivity index (χ0) is 41.1. The third-order valence-electron chi connectivity index (χ3n) is 20.0. The Morgan fingerprint density at radius 2 is 0.576 bits per heavy atom. The smallest absolute Gasteiger partial charge is 0.0468 e. The first-order chi connectivity index (χ1) is 29.1. The average molecular weight is 819 g/mol. The Morgan fingerprint density at radius 3 is 0.881 bits per heavy atom. The minimum Gasteiger partial charge on any atom is -0.381 e. The van der Waals surface area contributed by atoms with E-state index in [0.29, 0.717) is 0 Å². The fourth-order valence-corrected chi connectivity index (χ4v) is 16.2. The van der Waals surface area contributed by atoms with E-state index in [1.54, 1.807) is 103 Å². The normalized spacial score (nSPS) is 37.2. The number of hydrogen-bond acceptors (Lipinski definition) is 1. The van der Waals surface area contributed by atoms with Crippen molar-refractivity contribution in [3.05, 3.63) is 0 Å². The molecule has 0 N–H and O–H groups in total. The fourth-order valence-electron chi connectivity index (χ4n) is 16.2. The summed E-state index contributed by atoms with van der Waals surface area (Å²) in [5, 5.41) is 0. The second-order valence-corrected chi connectivity index (χ2v) is 23.6. The molecule has 0 bridgehead atoms. The van der Waals surface area contributed by atoms with E-state index in [1.165, 1.54) is 141 Å². The minimum atomic E-state index is 0.944. The highest BCUT2D eigenvalue weighted by Crippen LogP contribution is 2.50. The number of unbranched alkanes of at least 4 members (excludes halogenated alkanes) is 4. The zero-order valence-electron chi connectivity index (χ0n) is 40.8. The molecular formula is C58H106O. The summed E-state index contributed by atoms with van der Waals surface area (Å²) in [6.45, 7) is 11.7. The van der Waals surface area contributed by atoms with Gasteiger partial charge in [-0.15, -0.1) is 0 Å². The summed E-state index contributed by atoms with van der Waals surface area (Å²) in [7, 11) is 0. The Labute approximate surface area is 371 Å². The predicted molar refractivity (Wildman–Crippen MR) is 258 cm³/mol. The monoisotopic (exact) mass is 819 g/mol. The van der Waals surface area contributed by atoms with Crippen LogP contribution >= 0.6 is 0 Å². The lowest BCUT2D eigenvalue weighted by molar-refractivity contribution is 0.0303. The fraction of sp³-hybridized carbons (Fsp3) is 1.00. The van der Waals surface area contributed by atoms with Gasteiger partial charge in [-0.3, -0.25) is 0 Å². The van der Waals surface area contributed by atoms with Gasteiger partial charge >= 0.3 is 0 Å². The van der Waals surface area contributed by atoms with Crippen molar-refractivity contribution in [3.63, 3.8) is 0 Å². The van der Waals surface area contributed by atoms with Crippen LogP contribution in [0.1, 0.15) is 272 Å². The van der Waals surface area contributed by atoms with E-state index in [2.05, 4.69) is 27.7 Å². The maximum atomic E-state index is 6.90. The molecule has 6 saturated carbocycles. The molecule has 6 fully saturated rings. The van der Waals surface area contributed by atoms with Crippen LogP contribution in [0.25, 0.3) is 0 Å². The van der Waals surface area contributed by atoms with Gasteiger partial charge in [-0.25, -0.2) is 0 Å². The quantitative estimate of drug-likeness (QED) is 0.0882. The van der Waals surface area contributed by atoms with Gasteiger partial charge in [0.05, 0.1) is 0 Å². The molecule has 6 aliphatic carbocycles. The molecule has 0 radical (unpaired) electrons. The number of hydrogen-bond donors (Lipinski definition) is 0. The summed E-state index contributed by atoms with van der Waals surface area (Å²) >= 11 is 0. The highest BCUT2D eigenvalue weighted by atomic mass is 16.5. The van der Waals surface area contributed by atoms with Gasteiger partial charge < -0.3 is 4.74 Å². The lowest BCUT2D eigenvalue weighted by Gasteiger charge is -2.43. The first kappa shape index (κ1) is 48.4. The maximum absolute atomic E-state index is 6.90. The summed E-state index contributed by atoms with van der Waals surface area (Å²) < 4.78 is 6.90. The van der Waals surface area contributed by atoms with E-state index >= 15 is 0 Å². The third kappa shape index (κ3) is 15.6. The van der Waals surface area contributed by atoms with Crippen molar-refractivity contribution in [2.75, 3.05) is 13.2 Å². The molecule has 1 nitrogen and oxygen atoms in total. The van der Waals surface area contributed by atoms with Crippen molar-refractivity contribution in [1.29, 1.82) is 0 Å². The molecule has 0 saturated heterocycles. The van der Waals surface area contributed by atoms with E-state index in [9.17, 15) is 0 Å². The third-order valence-corrected chi connectivity index (χ3v) is 20.0. The first-order valence-corrected chi connectivity index (χ1v) is 28.7. The molecule has 0 aliphatic heterocycles. The van der Waals surface area contributed by atoms with E-state index in [0.717, 1.165) is 96.1 Å². The van der Waals surface area contributed by atoms with Gasteiger partial charge in [0.2, 0.25) is 0 Å². The summed E-state index contributed by atoms with van der Waals surface area (Å²) in [6, 6.07) is 0. The predicted octanol–water partition coefficient (Wildman–Crippen LogP) is 18.6. The van der Waals surface area contributed by atoms with Crippen LogP contribution in [-0.4, -0.2) is 13.2 Å². The van der Waals surface area contributed by atoms with Crippen molar-refractivity contribution in [1.82, 2.24) is 0 Å². The Kier molecular flexibility index (Phi) is 22.4. The summed E-state index contributed by atoms with van der Waals surface area (Å²) in [4.78, 5) is 0. The van der Waals surface area contributed by atoms with Crippen LogP contribution in [0.5, 0.6) is 0 Å². The van der Waals surface area contributed by atoms with E-state index in [1.807, 2.05) is 0 Å². The Morgan fingerprint density at radius 1 is 0.305 bits per heavy atom. The highest BCUT2D eigenvalue weighted by Gasteiger charge is 2.39. The van der Waals surface area contributed by atoms with Gasteiger partial charge in [-0.1, -0.05) is 156 Å². The molecule has 0 aromatic carbocycles. The molecule has 344 valence electrons. The van der Waals surface area contributed by atoms with Gasteiger partial charge in [-0.2, -0.15) is 0 Å². The number of rotatable bonds is 24. The Bertz CT molecular complexity index is 936. The van der Waals surface area contributed by atoms with Crippen molar-refractivity contribution in [3.8, 4) is 0 Å². The lowest BCUT2D eigenvalue weighted by Crippen LogP contribution is -2.34. The first-order valence-electron chi connectivity index (χ1n) is 28.7. The zero-order valence-corrected chi connectivity index (χ0v) is 40.8. The molecular weight excluding hydrogens is 713 g/mol. The van der Waals surface area contributed by atoms with Crippen LogP contribution in [0.15, 0.2) is 0 Å². The highest BCUT2D eigenvalue weighted by molar-refractivity contribution is 4.90. The van der Waals surface area contributed by atoms with Crippen molar-refractivity contribution in [2.45, 2.75) is 272 Å². The van der Waals surface area contributed by atoms with Crippen molar-refractivity contribution >= 4 is 0 Å². The molecule has 1 heteroatoms. The summed E-state index contributed by atoms with van der Waals surface area (Å²) in [5.41, 5.74) is 0. The van der Waals surface area contributed by atoms with Gasteiger partial charge in [0, 0.05) is 13.2 Å². The maximum Gasteiger partial charge on any atom is 0.0468 e. The molecule has 0 aromatic heterocycles. The molecule has 2 atom stereocenters. The summed E-state index contributed by atoms with van der Waals surface area (Å²) in [5.74, 6) is 14.3. The second-order valence-electron chi connectivity index (χ2n) is 23.6. The van der Waals surface area contributed by atoms with Crippen LogP contribution in [0.3, 0.4) is 0 Å². The minimum absolute atomic E-state index is 0.944. The van der Waals surface area contributed by atoms with Crippen molar-refractivity contribution < 1.29 is 4.74 Å². The standard InChI is InChI=1S/C58H106O/c1-5-9-11-15-47-17-25-49(26-18-47)51-33-37-55(38-34-51)57(53-29-21-45(13-7-3)22-30-53)41-43-59-44-42-58(54-31-23-46(14-8-4)24-32-54)56-39-35-52(36-40-56)50-27-19-48(20-28-50)16-12-10-6-2/h45-58H,5-44H2,1-4H3/t45-,46-,47-,48-,49-,50-,51-,52-,53-,54-,55-,56-,57?,58?. The molecule has 0 aromatic rings. The SMILES string of the molecule is CCCCC[C@H]1CC[C@H]([C@H]2CC[C@H](C(CCOCCC([C@H]3CC[C@H](CCC)CC3)[C@H]3CC[C@H]([C@H]4CC[C@H](CCCCC)CC4)CC3)[C@H]3CC[C@H](CCC)CC3)CC2)CC1. The molecule has 0 heterocycles. The molecule has 0 spiro atoms. The molecule has 6 aliphatic rings. The molecule has 59 heavy (non-hydrogen) atoms. The van der Waals surface area contributed by atoms with Crippen LogP contribution in [0, 0.1) is 82.9 Å². The largest absolute Gasteiger partial charge is 0.381 e. The van der Waals surface area contributed by atoms with E-state index < -0.39 is 0 Å². The van der Waals surface area contributed by atoms with E-state index in [4.69, 9.17) is 4.74 Å². The number of ether oxygens (including phenoxy) is 1. The molecule has 2 unspecified atom stereocenters. The topological polar surface area (TPSA) is 9.23 Å². The van der Waals surface area contributed by atoms with Crippen LogP contribution < -0.4 is 0 Å².